The number of aliphatic hydroxyl groups excluding tert-OH is 1. The van der Waals surface area contributed by atoms with Gasteiger partial charge in [-0.1, -0.05) is 30.3 Å². The van der Waals surface area contributed by atoms with Gasteiger partial charge in [0.1, 0.15) is 29.3 Å². The first kappa shape index (κ1) is 27.9. The van der Waals surface area contributed by atoms with Crippen LogP contribution in [0.4, 0.5) is 9.18 Å². The molecule has 0 bridgehead atoms. The summed E-state index contributed by atoms with van der Waals surface area (Å²) in [4.78, 5) is 41.5. The van der Waals surface area contributed by atoms with Crippen molar-refractivity contribution in [3.8, 4) is 5.75 Å². The number of carbonyl (C=O) groups excluding carboxylic acids is 3. The van der Waals surface area contributed by atoms with Crippen LogP contribution in [0.25, 0.3) is 0 Å². The van der Waals surface area contributed by atoms with Crippen LogP contribution in [0.2, 0.25) is 0 Å². The van der Waals surface area contributed by atoms with Crippen LogP contribution in [0.15, 0.2) is 48.5 Å². The molecule has 200 valence electrons. The van der Waals surface area contributed by atoms with Crippen LogP contribution in [0, 0.1) is 5.82 Å². The molecule has 3 amide bonds. The molecule has 3 atom stereocenters. The molecule has 1 fully saturated rings. The predicted octanol–water partition coefficient (Wildman–Crippen LogP) is 2.59. The molecule has 0 unspecified atom stereocenters. The van der Waals surface area contributed by atoms with E-state index in [0.29, 0.717) is 5.56 Å². The molecule has 9 nitrogen and oxygen atoms in total. The largest absolute Gasteiger partial charge is 0.508 e. The summed E-state index contributed by atoms with van der Waals surface area (Å²) in [6.07, 6.45) is -2.43. The molecule has 3 rings (SSSR count). The van der Waals surface area contributed by atoms with Gasteiger partial charge in [-0.2, -0.15) is 0 Å². The first-order chi connectivity index (χ1) is 17.3. The number of rotatable bonds is 7. The van der Waals surface area contributed by atoms with Crippen molar-refractivity contribution >= 4 is 17.9 Å². The molecular formula is C27H34FN3O6. The van der Waals surface area contributed by atoms with Crippen molar-refractivity contribution in [2.75, 3.05) is 13.1 Å². The zero-order valence-electron chi connectivity index (χ0n) is 21.5. The summed E-state index contributed by atoms with van der Waals surface area (Å²) in [5, 5.41) is 23.9. The Bertz CT molecular complexity index is 1100. The summed E-state index contributed by atoms with van der Waals surface area (Å²) in [7, 11) is 0. The molecule has 0 aromatic heterocycles. The molecule has 1 aliphatic rings. The Hall–Kier alpha value is -3.66. The number of phenolic OH excluding ortho intramolecular Hbond substituents is 1. The maximum absolute atomic E-state index is 13.9. The number of hydrogen-bond donors (Lipinski definition) is 3. The van der Waals surface area contributed by atoms with Crippen LogP contribution in [0.3, 0.4) is 0 Å². The van der Waals surface area contributed by atoms with Crippen molar-refractivity contribution < 1.29 is 33.7 Å². The zero-order chi connectivity index (χ0) is 27.3. The van der Waals surface area contributed by atoms with Crippen LogP contribution in [-0.4, -0.2) is 74.8 Å². The Balaban J connectivity index is 1.95. The van der Waals surface area contributed by atoms with Crippen molar-refractivity contribution in [2.24, 2.45) is 0 Å². The van der Waals surface area contributed by atoms with Gasteiger partial charge < -0.3 is 25.2 Å². The maximum atomic E-state index is 13.9. The molecule has 0 spiro atoms. The second kappa shape index (κ2) is 11.6. The minimum Gasteiger partial charge on any atom is -0.508 e. The fraction of sp³-hybridized carbons (Fsp3) is 0.444. The first-order valence-electron chi connectivity index (χ1n) is 12.1. The van der Waals surface area contributed by atoms with E-state index in [1.165, 1.54) is 17.9 Å². The molecule has 0 saturated carbocycles. The Kier molecular flexibility index (Phi) is 8.75. The van der Waals surface area contributed by atoms with Crippen LogP contribution >= 0.6 is 0 Å². The summed E-state index contributed by atoms with van der Waals surface area (Å²) in [5.74, 6) is -2.00. The fourth-order valence-electron chi connectivity index (χ4n) is 4.36. The van der Waals surface area contributed by atoms with E-state index in [4.69, 9.17) is 4.74 Å². The van der Waals surface area contributed by atoms with Gasteiger partial charge in [0.15, 0.2) is 0 Å². The third kappa shape index (κ3) is 7.66. The molecule has 0 aliphatic carbocycles. The Labute approximate surface area is 215 Å². The highest BCUT2D eigenvalue weighted by Gasteiger charge is 2.46. The number of aliphatic hydroxyl groups is 1. The number of nitrogens with zero attached hydrogens (tertiary/aromatic N) is 2. The van der Waals surface area contributed by atoms with E-state index in [2.05, 4.69) is 5.32 Å². The fourth-order valence-corrected chi connectivity index (χ4v) is 4.36. The molecule has 2 aromatic rings. The topological polar surface area (TPSA) is 119 Å². The van der Waals surface area contributed by atoms with Gasteiger partial charge >= 0.3 is 6.09 Å². The minimum atomic E-state index is -1.56. The summed E-state index contributed by atoms with van der Waals surface area (Å²) < 4.78 is 19.4. The Morgan fingerprint density at radius 1 is 1.14 bits per heavy atom. The number of piperazine rings is 1. The van der Waals surface area contributed by atoms with E-state index in [0.717, 1.165) is 17.7 Å². The van der Waals surface area contributed by atoms with Gasteiger partial charge in [0.05, 0.1) is 6.04 Å². The third-order valence-electron chi connectivity index (χ3n) is 5.88. The van der Waals surface area contributed by atoms with Gasteiger partial charge in [0.2, 0.25) is 11.8 Å². The van der Waals surface area contributed by atoms with Gasteiger partial charge in [-0.3, -0.25) is 14.5 Å². The number of hydrogen-bond acceptors (Lipinski definition) is 6. The Morgan fingerprint density at radius 2 is 1.81 bits per heavy atom. The number of phenols is 1. The maximum Gasteiger partial charge on any atom is 0.411 e. The smallest absolute Gasteiger partial charge is 0.411 e. The predicted molar refractivity (Wildman–Crippen MR) is 134 cm³/mol. The highest BCUT2D eigenvalue weighted by atomic mass is 19.1. The van der Waals surface area contributed by atoms with Crippen molar-refractivity contribution in [1.29, 1.82) is 0 Å². The molecule has 37 heavy (non-hydrogen) atoms. The summed E-state index contributed by atoms with van der Waals surface area (Å²) in [5.41, 5.74) is 0.333. The van der Waals surface area contributed by atoms with Gasteiger partial charge in [-0.25, -0.2) is 9.18 Å². The second-order valence-corrected chi connectivity index (χ2v) is 10.2. The van der Waals surface area contributed by atoms with Crippen LogP contribution < -0.4 is 5.32 Å². The standard InChI is InChI=1S/C27H34FN3O6/c1-17(32)29-22(14-19-12-20(28)15-21(33)13-19)24(34)23-25(35)30(16-18-8-6-5-7-9-18)10-11-31(23)26(36)37-27(2,3)4/h5-9,12-13,15,22-24,33-34H,10-11,14,16H2,1-4H3,(H,29,32)/t22-,23-,24-/m0/s1. The average Bonchev–Trinajstić information content (AvgIpc) is 2.78. The van der Waals surface area contributed by atoms with E-state index in [9.17, 15) is 29.0 Å². The van der Waals surface area contributed by atoms with Crippen LogP contribution in [0.5, 0.6) is 5.75 Å². The molecule has 0 radical (unpaired) electrons. The number of nitrogens with one attached hydrogen (secondary N) is 1. The molecule has 3 N–H and O–H groups in total. The number of benzene rings is 2. The quantitative estimate of drug-likeness (QED) is 0.522. The molecule has 2 aromatic carbocycles. The third-order valence-corrected chi connectivity index (χ3v) is 5.88. The lowest BCUT2D eigenvalue weighted by molar-refractivity contribution is -0.149. The minimum absolute atomic E-state index is 0.1000. The zero-order valence-corrected chi connectivity index (χ0v) is 21.5. The molecule has 1 heterocycles. The number of ether oxygens (including phenoxy) is 1. The number of halogens is 1. The van der Waals surface area contributed by atoms with E-state index >= 15 is 0 Å². The van der Waals surface area contributed by atoms with Crippen molar-refractivity contribution in [2.45, 2.75) is 64.4 Å². The summed E-state index contributed by atoms with van der Waals surface area (Å²) in [6.45, 7) is 6.93. The van der Waals surface area contributed by atoms with Crippen molar-refractivity contribution in [3.63, 3.8) is 0 Å². The van der Waals surface area contributed by atoms with Gasteiger partial charge in [0, 0.05) is 32.6 Å². The number of amides is 3. The first-order valence-corrected chi connectivity index (χ1v) is 12.1. The normalized spacial score (nSPS) is 17.8. The molecule has 10 heteroatoms. The second-order valence-electron chi connectivity index (χ2n) is 10.2. The van der Waals surface area contributed by atoms with Gasteiger partial charge in [-0.15, -0.1) is 0 Å². The summed E-state index contributed by atoms with van der Waals surface area (Å²) >= 11 is 0. The van der Waals surface area contributed by atoms with Crippen LogP contribution in [-0.2, 0) is 27.3 Å². The van der Waals surface area contributed by atoms with Crippen molar-refractivity contribution in [1.82, 2.24) is 15.1 Å². The highest BCUT2D eigenvalue weighted by Crippen LogP contribution is 2.24. The van der Waals surface area contributed by atoms with E-state index < -0.39 is 47.5 Å². The number of aromatic hydroxyl groups is 1. The summed E-state index contributed by atoms with van der Waals surface area (Å²) in [6, 6.07) is 10.3. The highest BCUT2D eigenvalue weighted by molar-refractivity contribution is 5.88. The lowest BCUT2D eigenvalue weighted by Crippen LogP contribution is -2.66. The number of carbonyl (C=O) groups is 3. The van der Waals surface area contributed by atoms with E-state index in [1.807, 2.05) is 30.3 Å². The van der Waals surface area contributed by atoms with Gasteiger partial charge in [0.25, 0.3) is 0 Å². The lowest BCUT2D eigenvalue weighted by atomic mass is 9.93. The monoisotopic (exact) mass is 515 g/mol. The average molecular weight is 516 g/mol. The molecule has 1 aliphatic heterocycles. The molecular weight excluding hydrogens is 481 g/mol. The molecule has 1 saturated heterocycles. The lowest BCUT2D eigenvalue weighted by Gasteiger charge is -2.44. The Morgan fingerprint density at radius 3 is 2.41 bits per heavy atom. The van der Waals surface area contributed by atoms with E-state index in [-0.39, 0.29) is 31.8 Å². The van der Waals surface area contributed by atoms with E-state index in [1.54, 1.807) is 25.7 Å². The van der Waals surface area contributed by atoms with Crippen molar-refractivity contribution in [3.05, 3.63) is 65.5 Å². The van der Waals surface area contributed by atoms with Crippen LogP contribution in [0.1, 0.15) is 38.8 Å². The SMILES string of the molecule is CC(=O)N[C@@H](Cc1cc(O)cc(F)c1)[C@H](O)[C@H]1C(=O)N(Cc2ccccc2)CCN1C(=O)OC(C)(C)C. The van der Waals surface area contributed by atoms with Gasteiger partial charge in [-0.05, 0) is 50.5 Å².